The van der Waals surface area contributed by atoms with Gasteiger partial charge in [0.15, 0.2) is 0 Å². The number of carbonyl (C=O) groups is 2. The fourth-order valence-corrected chi connectivity index (χ4v) is 2.83. The number of piperidine rings is 1. The first-order valence-corrected chi connectivity index (χ1v) is 7.16. The number of hydrogen-bond acceptors (Lipinski definition) is 2. The summed E-state index contributed by atoms with van der Waals surface area (Å²) in [7, 11) is 0. The van der Waals surface area contributed by atoms with Crippen molar-refractivity contribution < 1.29 is 14.7 Å². The molecule has 1 aliphatic rings. The Bertz CT molecular complexity index is 687. The molecule has 1 amide bonds. The normalized spacial score (nSPS) is 16.1. The minimum Gasteiger partial charge on any atom is -0.481 e. The minimum absolute atomic E-state index is 0.00964. The first kappa shape index (κ1) is 13.6. The van der Waals surface area contributed by atoms with Crippen LogP contribution >= 0.6 is 0 Å². The molecule has 0 unspecified atom stereocenters. The Labute approximate surface area is 123 Å². The summed E-state index contributed by atoms with van der Waals surface area (Å²) in [5, 5.41) is 11.2. The molecular weight excluding hydrogens is 266 g/mol. The topological polar surface area (TPSA) is 57.6 Å². The molecule has 21 heavy (non-hydrogen) atoms. The summed E-state index contributed by atoms with van der Waals surface area (Å²) in [5.74, 6) is -1.08. The number of carboxylic acids is 1. The van der Waals surface area contributed by atoms with Crippen LogP contribution < -0.4 is 0 Å². The van der Waals surface area contributed by atoms with Crippen LogP contribution in [0.3, 0.4) is 0 Å². The lowest BCUT2D eigenvalue weighted by Crippen LogP contribution is -2.40. The van der Waals surface area contributed by atoms with Crippen LogP contribution in [0.5, 0.6) is 0 Å². The van der Waals surface area contributed by atoms with E-state index in [0.29, 0.717) is 31.5 Å². The third kappa shape index (κ3) is 2.75. The molecule has 0 aliphatic carbocycles. The van der Waals surface area contributed by atoms with Crippen molar-refractivity contribution in [2.75, 3.05) is 13.1 Å². The fourth-order valence-electron chi connectivity index (χ4n) is 2.83. The van der Waals surface area contributed by atoms with E-state index >= 15 is 0 Å². The number of benzene rings is 2. The van der Waals surface area contributed by atoms with E-state index in [1.54, 1.807) is 4.90 Å². The maximum absolute atomic E-state index is 12.5. The second-order valence-corrected chi connectivity index (χ2v) is 5.47. The average molecular weight is 283 g/mol. The predicted octanol–water partition coefficient (Wildman–Crippen LogP) is 2.78. The summed E-state index contributed by atoms with van der Waals surface area (Å²) >= 11 is 0. The van der Waals surface area contributed by atoms with Gasteiger partial charge in [0, 0.05) is 18.7 Å². The van der Waals surface area contributed by atoms with Crippen molar-refractivity contribution in [3.8, 4) is 0 Å². The van der Waals surface area contributed by atoms with Crippen LogP contribution in [0.1, 0.15) is 23.2 Å². The van der Waals surface area contributed by atoms with Gasteiger partial charge in [0.1, 0.15) is 0 Å². The molecule has 2 aromatic carbocycles. The number of amides is 1. The van der Waals surface area contributed by atoms with E-state index in [-0.39, 0.29) is 11.8 Å². The standard InChI is InChI=1S/C17H17NO3/c19-16(18-9-7-13(8-10-18)17(20)21)15-6-5-12-3-1-2-4-14(12)11-15/h1-6,11,13H,7-10H2,(H,20,21). The highest BCUT2D eigenvalue weighted by Gasteiger charge is 2.27. The van der Waals surface area contributed by atoms with Gasteiger partial charge in [-0.1, -0.05) is 30.3 Å². The van der Waals surface area contributed by atoms with Gasteiger partial charge < -0.3 is 10.0 Å². The quantitative estimate of drug-likeness (QED) is 0.922. The summed E-state index contributed by atoms with van der Waals surface area (Å²) in [6.07, 6.45) is 1.07. The van der Waals surface area contributed by atoms with E-state index in [1.165, 1.54) is 0 Å². The zero-order valence-corrected chi connectivity index (χ0v) is 11.7. The highest BCUT2D eigenvalue weighted by molar-refractivity contribution is 5.98. The van der Waals surface area contributed by atoms with Crippen LogP contribution in [-0.2, 0) is 4.79 Å². The summed E-state index contributed by atoms with van der Waals surface area (Å²) in [6.45, 7) is 1.03. The molecule has 0 saturated carbocycles. The monoisotopic (exact) mass is 283 g/mol. The van der Waals surface area contributed by atoms with Crippen molar-refractivity contribution >= 4 is 22.6 Å². The molecular formula is C17H17NO3. The molecule has 1 aliphatic heterocycles. The van der Waals surface area contributed by atoms with Gasteiger partial charge in [-0.05, 0) is 35.7 Å². The Morgan fingerprint density at radius 2 is 1.67 bits per heavy atom. The molecule has 0 atom stereocenters. The molecule has 0 spiro atoms. The predicted molar refractivity (Wildman–Crippen MR) is 80.2 cm³/mol. The van der Waals surface area contributed by atoms with Gasteiger partial charge in [0.2, 0.25) is 0 Å². The van der Waals surface area contributed by atoms with Crippen LogP contribution in [0.2, 0.25) is 0 Å². The lowest BCUT2D eigenvalue weighted by Gasteiger charge is -2.30. The summed E-state index contributed by atoms with van der Waals surface area (Å²) in [4.78, 5) is 25.2. The van der Waals surface area contributed by atoms with E-state index in [0.717, 1.165) is 10.8 Å². The first-order chi connectivity index (χ1) is 10.1. The largest absolute Gasteiger partial charge is 0.481 e. The summed E-state index contributed by atoms with van der Waals surface area (Å²) < 4.78 is 0. The van der Waals surface area contributed by atoms with Crippen molar-refractivity contribution in [1.29, 1.82) is 0 Å². The van der Waals surface area contributed by atoms with E-state index < -0.39 is 5.97 Å². The Morgan fingerprint density at radius 3 is 2.33 bits per heavy atom. The lowest BCUT2D eigenvalue weighted by atomic mass is 9.96. The zero-order chi connectivity index (χ0) is 14.8. The van der Waals surface area contributed by atoms with Gasteiger partial charge in [-0.2, -0.15) is 0 Å². The van der Waals surface area contributed by atoms with Gasteiger partial charge in [0.25, 0.3) is 5.91 Å². The van der Waals surface area contributed by atoms with E-state index in [1.807, 2.05) is 42.5 Å². The second-order valence-electron chi connectivity index (χ2n) is 5.47. The molecule has 1 heterocycles. The van der Waals surface area contributed by atoms with E-state index in [9.17, 15) is 9.59 Å². The van der Waals surface area contributed by atoms with Gasteiger partial charge in [-0.15, -0.1) is 0 Å². The SMILES string of the molecule is O=C(O)C1CCN(C(=O)c2ccc3ccccc3c2)CC1. The zero-order valence-electron chi connectivity index (χ0n) is 11.7. The molecule has 108 valence electrons. The average Bonchev–Trinajstić information content (AvgIpc) is 2.54. The molecule has 1 N–H and O–H groups in total. The number of likely N-dealkylation sites (tertiary alicyclic amines) is 1. The van der Waals surface area contributed by atoms with Gasteiger partial charge >= 0.3 is 5.97 Å². The number of carboxylic acid groups (broad SMARTS) is 1. The van der Waals surface area contributed by atoms with Crippen LogP contribution in [0, 0.1) is 5.92 Å². The number of fused-ring (bicyclic) bond motifs is 1. The van der Waals surface area contributed by atoms with Crippen molar-refractivity contribution in [3.63, 3.8) is 0 Å². The Kier molecular flexibility index (Phi) is 3.60. The van der Waals surface area contributed by atoms with Crippen LogP contribution in [-0.4, -0.2) is 35.0 Å². The summed E-state index contributed by atoms with van der Waals surface area (Å²) in [5.41, 5.74) is 0.669. The third-order valence-corrected chi connectivity index (χ3v) is 4.13. The van der Waals surface area contributed by atoms with Crippen molar-refractivity contribution in [1.82, 2.24) is 4.90 Å². The molecule has 0 bridgehead atoms. The maximum atomic E-state index is 12.5. The molecule has 4 nitrogen and oxygen atoms in total. The van der Waals surface area contributed by atoms with Gasteiger partial charge in [-0.25, -0.2) is 0 Å². The molecule has 1 saturated heterocycles. The molecule has 0 aromatic heterocycles. The number of aliphatic carboxylic acids is 1. The minimum atomic E-state index is -0.757. The fraction of sp³-hybridized carbons (Fsp3) is 0.294. The van der Waals surface area contributed by atoms with Crippen LogP contribution in [0.15, 0.2) is 42.5 Å². The van der Waals surface area contributed by atoms with Gasteiger partial charge in [0.05, 0.1) is 5.92 Å². The smallest absolute Gasteiger partial charge is 0.306 e. The summed E-state index contributed by atoms with van der Waals surface area (Å²) in [6, 6.07) is 13.6. The number of rotatable bonds is 2. The number of carbonyl (C=O) groups excluding carboxylic acids is 1. The van der Waals surface area contributed by atoms with Gasteiger partial charge in [-0.3, -0.25) is 9.59 Å². The molecule has 4 heteroatoms. The van der Waals surface area contributed by atoms with E-state index in [4.69, 9.17) is 5.11 Å². The van der Waals surface area contributed by atoms with Crippen molar-refractivity contribution in [2.45, 2.75) is 12.8 Å². The molecule has 0 radical (unpaired) electrons. The molecule has 1 fully saturated rings. The van der Waals surface area contributed by atoms with Crippen LogP contribution in [0.4, 0.5) is 0 Å². The van der Waals surface area contributed by atoms with Crippen molar-refractivity contribution in [2.24, 2.45) is 5.92 Å². The highest BCUT2D eigenvalue weighted by atomic mass is 16.4. The maximum Gasteiger partial charge on any atom is 0.306 e. The third-order valence-electron chi connectivity index (χ3n) is 4.13. The Balaban J connectivity index is 1.76. The van der Waals surface area contributed by atoms with Crippen molar-refractivity contribution in [3.05, 3.63) is 48.0 Å². The second kappa shape index (κ2) is 5.56. The molecule has 3 rings (SSSR count). The van der Waals surface area contributed by atoms with E-state index in [2.05, 4.69) is 0 Å². The highest BCUT2D eigenvalue weighted by Crippen LogP contribution is 2.21. The molecule has 2 aromatic rings. The first-order valence-electron chi connectivity index (χ1n) is 7.16. The Morgan fingerprint density at radius 1 is 1.00 bits per heavy atom. The number of nitrogens with zero attached hydrogens (tertiary/aromatic N) is 1. The number of hydrogen-bond donors (Lipinski definition) is 1. The Hall–Kier alpha value is -2.36. The van der Waals surface area contributed by atoms with Crippen LogP contribution in [0.25, 0.3) is 10.8 Å². The lowest BCUT2D eigenvalue weighted by molar-refractivity contribution is -0.143.